The van der Waals surface area contributed by atoms with Crippen LogP contribution in [-0.4, -0.2) is 69.5 Å². The van der Waals surface area contributed by atoms with Crippen molar-refractivity contribution in [2.45, 2.75) is 19.4 Å². The molecule has 0 saturated heterocycles. The molecule has 0 aliphatic carbocycles. The van der Waals surface area contributed by atoms with Crippen molar-refractivity contribution in [3.63, 3.8) is 0 Å². The van der Waals surface area contributed by atoms with E-state index in [2.05, 4.69) is 27.6 Å². The van der Waals surface area contributed by atoms with Crippen molar-refractivity contribution in [2.75, 3.05) is 53.5 Å². The van der Waals surface area contributed by atoms with Crippen molar-refractivity contribution in [3.8, 4) is 0 Å². The molecule has 0 saturated carbocycles. The number of ether oxygens (including phenoxy) is 1. The van der Waals surface area contributed by atoms with E-state index >= 15 is 0 Å². The Bertz CT molecular complexity index is 484. The third kappa shape index (κ3) is 8.84. The molecule has 0 aromatic carbocycles. The van der Waals surface area contributed by atoms with E-state index in [4.69, 9.17) is 16.3 Å². The number of aliphatic imine (C=N–C) groups is 1. The van der Waals surface area contributed by atoms with Gasteiger partial charge in [-0.15, -0.1) is 11.3 Å². The molecule has 0 spiro atoms. The Kier molecular flexibility index (Phi) is 11.0. The van der Waals surface area contributed by atoms with Gasteiger partial charge in [-0.3, -0.25) is 4.99 Å². The molecule has 8 heteroatoms. The highest BCUT2D eigenvalue weighted by Gasteiger charge is 2.10. The summed E-state index contributed by atoms with van der Waals surface area (Å²) < 4.78 is 5.73. The van der Waals surface area contributed by atoms with Crippen LogP contribution >= 0.6 is 22.9 Å². The summed E-state index contributed by atoms with van der Waals surface area (Å²) in [6.45, 7) is 6.58. The molecule has 1 atom stereocenters. The fourth-order valence-electron chi connectivity index (χ4n) is 2.07. The van der Waals surface area contributed by atoms with E-state index in [0.29, 0.717) is 16.8 Å². The quantitative estimate of drug-likeness (QED) is 0.313. The zero-order valence-corrected chi connectivity index (χ0v) is 16.3. The second-order valence-corrected chi connectivity index (χ2v) is 7.20. The maximum atomic E-state index is 10.2. The van der Waals surface area contributed by atoms with Crippen LogP contribution in [0.2, 0.25) is 4.34 Å². The van der Waals surface area contributed by atoms with Crippen molar-refractivity contribution < 1.29 is 9.84 Å². The maximum Gasteiger partial charge on any atom is 0.191 e. The van der Waals surface area contributed by atoms with Gasteiger partial charge in [-0.05, 0) is 32.5 Å². The zero-order chi connectivity index (χ0) is 17.8. The molecule has 6 nitrogen and oxygen atoms in total. The Morgan fingerprint density at radius 1 is 1.42 bits per heavy atom. The second kappa shape index (κ2) is 12.5. The van der Waals surface area contributed by atoms with Gasteiger partial charge in [-0.25, -0.2) is 0 Å². The standard InChI is InChI=1S/C16H29ClN4O2S/c1-4-18-16(19-8-10-21(2)9-5-11-23-3)20-12-13(22)14-6-7-15(17)24-14/h6-7,13,22H,4-5,8-12H2,1-3H3,(H2,18,19,20). The van der Waals surface area contributed by atoms with Gasteiger partial charge in [0.1, 0.15) is 6.10 Å². The van der Waals surface area contributed by atoms with Crippen molar-refractivity contribution >= 4 is 28.9 Å². The molecule has 1 aromatic rings. The van der Waals surface area contributed by atoms with Crippen molar-refractivity contribution in [2.24, 2.45) is 4.99 Å². The lowest BCUT2D eigenvalue weighted by atomic mass is 10.3. The van der Waals surface area contributed by atoms with Crippen LogP contribution in [0.5, 0.6) is 0 Å². The Hall–Kier alpha value is -0.860. The summed E-state index contributed by atoms with van der Waals surface area (Å²) in [5.74, 6) is 0.712. The summed E-state index contributed by atoms with van der Waals surface area (Å²) in [6, 6.07) is 3.62. The number of hydrogen-bond acceptors (Lipinski definition) is 5. The number of halogens is 1. The van der Waals surface area contributed by atoms with Crippen LogP contribution in [-0.2, 0) is 4.74 Å². The van der Waals surface area contributed by atoms with Gasteiger partial charge in [0.15, 0.2) is 5.96 Å². The Morgan fingerprint density at radius 2 is 2.21 bits per heavy atom. The number of aliphatic hydroxyl groups is 1. The van der Waals surface area contributed by atoms with E-state index in [-0.39, 0.29) is 0 Å². The van der Waals surface area contributed by atoms with Gasteiger partial charge in [0.2, 0.25) is 0 Å². The third-order valence-corrected chi connectivity index (χ3v) is 4.70. The predicted molar refractivity (Wildman–Crippen MR) is 102 cm³/mol. The molecule has 3 N–H and O–H groups in total. The molecule has 0 amide bonds. The first kappa shape index (κ1) is 21.2. The van der Waals surface area contributed by atoms with E-state index in [0.717, 1.165) is 44.1 Å². The minimum atomic E-state index is -0.630. The number of likely N-dealkylation sites (N-methyl/N-ethyl adjacent to an activating group) is 1. The van der Waals surface area contributed by atoms with Crippen LogP contribution in [0.25, 0.3) is 0 Å². The highest BCUT2D eigenvalue weighted by atomic mass is 35.5. The van der Waals surface area contributed by atoms with E-state index in [1.165, 1.54) is 11.3 Å². The molecule has 1 unspecified atom stereocenters. The Labute approximate surface area is 153 Å². The first-order chi connectivity index (χ1) is 11.6. The van der Waals surface area contributed by atoms with E-state index < -0.39 is 6.10 Å². The summed E-state index contributed by atoms with van der Waals surface area (Å²) in [6.07, 6.45) is 0.395. The zero-order valence-electron chi connectivity index (χ0n) is 14.7. The molecule has 0 aliphatic rings. The van der Waals surface area contributed by atoms with Crippen LogP contribution in [0.3, 0.4) is 0 Å². The fraction of sp³-hybridized carbons (Fsp3) is 0.688. The second-order valence-electron chi connectivity index (χ2n) is 5.45. The van der Waals surface area contributed by atoms with Gasteiger partial charge in [0.25, 0.3) is 0 Å². The average Bonchev–Trinajstić information content (AvgIpc) is 2.99. The van der Waals surface area contributed by atoms with Crippen LogP contribution < -0.4 is 10.6 Å². The number of guanidine groups is 1. The topological polar surface area (TPSA) is 69.1 Å². The van der Waals surface area contributed by atoms with Crippen LogP contribution in [0.1, 0.15) is 24.3 Å². The van der Waals surface area contributed by atoms with E-state index in [1.807, 2.05) is 13.0 Å². The number of rotatable bonds is 11. The predicted octanol–water partition coefficient (Wildman–Crippen LogP) is 1.96. The number of thiophene rings is 1. The number of hydrogen-bond donors (Lipinski definition) is 3. The summed E-state index contributed by atoms with van der Waals surface area (Å²) in [4.78, 5) is 7.52. The lowest BCUT2D eigenvalue weighted by Gasteiger charge is -2.18. The monoisotopic (exact) mass is 376 g/mol. The molecule has 0 aliphatic heterocycles. The van der Waals surface area contributed by atoms with Crippen LogP contribution in [0.4, 0.5) is 0 Å². The summed E-state index contributed by atoms with van der Waals surface area (Å²) in [5.41, 5.74) is 0. The highest BCUT2D eigenvalue weighted by molar-refractivity contribution is 7.16. The van der Waals surface area contributed by atoms with Gasteiger partial charge in [0.05, 0.1) is 10.9 Å². The van der Waals surface area contributed by atoms with Crippen molar-refractivity contribution in [1.82, 2.24) is 15.5 Å². The molecular weight excluding hydrogens is 348 g/mol. The SMILES string of the molecule is CCNC(=NCC(O)c1ccc(Cl)s1)NCCN(C)CCCOC. The number of nitrogens with zero attached hydrogens (tertiary/aromatic N) is 2. The highest BCUT2D eigenvalue weighted by Crippen LogP contribution is 2.26. The molecular formula is C16H29ClN4O2S. The number of aliphatic hydroxyl groups excluding tert-OH is 1. The van der Waals surface area contributed by atoms with E-state index in [1.54, 1.807) is 13.2 Å². The third-order valence-electron chi connectivity index (χ3n) is 3.36. The first-order valence-electron chi connectivity index (χ1n) is 8.19. The molecule has 1 aromatic heterocycles. The fourth-order valence-corrected chi connectivity index (χ4v) is 3.11. The molecule has 1 heterocycles. The minimum absolute atomic E-state index is 0.301. The molecule has 0 bridgehead atoms. The van der Waals surface area contributed by atoms with Gasteiger partial charge in [-0.2, -0.15) is 0 Å². The lowest BCUT2D eigenvalue weighted by molar-refractivity contribution is 0.180. The molecule has 0 fully saturated rings. The first-order valence-corrected chi connectivity index (χ1v) is 9.39. The summed E-state index contributed by atoms with van der Waals surface area (Å²) in [5, 5.41) is 16.6. The van der Waals surface area contributed by atoms with Crippen LogP contribution in [0, 0.1) is 0 Å². The van der Waals surface area contributed by atoms with Gasteiger partial charge in [0, 0.05) is 44.8 Å². The van der Waals surface area contributed by atoms with Crippen molar-refractivity contribution in [1.29, 1.82) is 0 Å². The normalized spacial score (nSPS) is 13.3. The largest absolute Gasteiger partial charge is 0.386 e. The smallest absolute Gasteiger partial charge is 0.191 e. The summed E-state index contributed by atoms with van der Waals surface area (Å²) >= 11 is 7.28. The molecule has 0 radical (unpaired) electrons. The van der Waals surface area contributed by atoms with Gasteiger partial charge >= 0.3 is 0 Å². The van der Waals surface area contributed by atoms with Gasteiger partial charge in [-0.1, -0.05) is 11.6 Å². The Balaban J connectivity index is 2.36. The lowest BCUT2D eigenvalue weighted by Crippen LogP contribution is -2.41. The van der Waals surface area contributed by atoms with Crippen molar-refractivity contribution in [3.05, 3.63) is 21.3 Å². The average molecular weight is 377 g/mol. The van der Waals surface area contributed by atoms with Gasteiger partial charge < -0.3 is 25.4 Å². The summed E-state index contributed by atoms with van der Waals surface area (Å²) in [7, 11) is 3.81. The number of nitrogens with one attached hydrogen (secondary N) is 2. The molecule has 138 valence electrons. The minimum Gasteiger partial charge on any atom is -0.386 e. The molecule has 1 rings (SSSR count). The van der Waals surface area contributed by atoms with E-state index in [9.17, 15) is 5.11 Å². The Morgan fingerprint density at radius 3 is 2.83 bits per heavy atom. The maximum absolute atomic E-state index is 10.2. The number of methoxy groups -OCH3 is 1. The van der Waals surface area contributed by atoms with Crippen LogP contribution in [0.15, 0.2) is 17.1 Å². The molecule has 24 heavy (non-hydrogen) atoms.